The number of pyridine rings is 1. The van der Waals surface area contributed by atoms with E-state index in [4.69, 9.17) is 9.26 Å². The Morgan fingerprint density at radius 3 is 2.90 bits per heavy atom. The smallest absolute Gasteiger partial charge is 0.230 e. The van der Waals surface area contributed by atoms with Crippen LogP contribution in [0.15, 0.2) is 53.5 Å². The highest BCUT2D eigenvalue weighted by molar-refractivity contribution is 5.93. The van der Waals surface area contributed by atoms with Crippen molar-refractivity contribution in [1.82, 2.24) is 19.9 Å². The van der Waals surface area contributed by atoms with Crippen LogP contribution in [-0.2, 0) is 27.3 Å². The molecule has 3 aliphatic heterocycles. The van der Waals surface area contributed by atoms with Gasteiger partial charge >= 0.3 is 0 Å². The molecule has 150 valence electrons. The van der Waals surface area contributed by atoms with E-state index >= 15 is 0 Å². The molecule has 0 aliphatic carbocycles. The van der Waals surface area contributed by atoms with Gasteiger partial charge in [-0.3, -0.25) is 14.6 Å². The first-order valence-corrected chi connectivity index (χ1v) is 9.77. The number of hydrogen-bond acceptors (Lipinski definition) is 6. The maximum absolute atomic E-state index is 13.2. The third-order valence-electron chi connectivity index (χ3n) is 6.14. The molecule has 3 aliphatic rings. The fourth-order valence-corrected chi connectivity index (χ4v) is 4.75. The van der Waals surface area contributed by atoms with Gasteiger partial charge in [-0.25, -0.2) is 0 Å². The summed E-state index contributed by atoms with van der Waals surface area (Å²) in [6.07, 6.45) is 9.35. The van der Waals surface area contributed by atoms with Gasteiger partial charge in [-0.1, -0.05) is 17.3 Å². The van der Waals surface area contributed by atoms with E-state index in [1.165, 1.54) is 0 Å². The molecular formula is C21H22N4O4. The Balaban J connectivity index is 1.32. The topological polar surface area (TPSA) is 88.8 Å². The number of ether oxygens (including phenoxy) is 1. The van der Waals surface area contributed by atoms with Crippen LogP contribution in [0, 0.1) is 11.8 Å². The number of aromatic nitrogens is 2. The van der Waals surface area contributed by atoms with Gasteiger partial charge in [-0.05, 0) is 24.1 Å². The number of nitrogens with zero attached hydrogens (tertiary/aromatic N) is 4. The first kappa shape index (κ1) is 18.1. The second-order valence-corrected chi connectivity index (χ2v) is 7.94. The Bertz CT molecular complexity index is 945. The molecule has 0 unspecified atom stereocenters. The van der Waals surface area contributed by atoms with Gasteiger partial charge in [0.15, 0.2) is 5.76 Å². The third-order valence-corrected chi connectivity index (χ3v) is 6.14. The molecule has 2 bridgehead atoms. The zero-order chi connectivity index (χ0) is 20.0. The highest BCUT2D eigenvalue weighted by Gasteiger charge is 2.66. The van der Waals surface area contributed by atoms with Crippen LogP contribution in [-0.4, -0.2) is 63.6 Å². The quantitative estimate of drug-likeness (QED) is 0.681. The molecule has 2 amide bonds. The van der Waals surface area contributed by atoms with Crippen LogP contribution in [0.25, 0.3) is 0 Å². The molecule has 1 spiro atoms. The lowest BCUT2D eigenvalue weighted by Gasteiger charge is -2.27. The van der Waals surface area contributed by atoms with Gasteiger partial charge < -0.3 is 19.1 Å². The lowest BCUT2D eigenvalue weighted by atomic mass is 9.76. The molecule has 4 atom stereocenters. The Hall–Kier alpha value is -3.00. The first-order chi connectivity index (χ1) is 14.1. The normalized spacial score (nSPS) is 29.5. The van der Waals surface area contributed by atoms with Gasteiger partial charge in [0.1, 0.15) is 5.60 Å². The number of carbonyl (C=O) groups is 2. The highest BCUT2D eigenvalue weighted by Crippen LogP contribution is 2.52. The van der Waals surface area contributed by atoms with E-state index in [1.54, 1.807) is 36.6 Å². The standard InChI is InChI=1S/C21H22N4O4/c1-24(12-15-5-10-23-29-15)19(26)17-16-2-7-21(28-16)13-25(20(27)18(17)21)11-6-14-3-8-22-9-4-14/h2-5,7-10,16-18H,6,11-13H2,1H3/t16-,17-,18+,21-/m0/s1. The summed E-state index contributed by atoms with van der Waals surface area (Å²) in [5.74, 6) is -0.484. The van der Waals surface area contributed by atoms with Crippen molar-refractivity contribution in [2.24, 2.45) is 11.8 Å². The lowest BCUT2D eigenvalue weighted by molar-refractivity contribution is -0.142. The lowest BCUT2D eigenvalue weighted by Crippen LogP contribution is -2.44. The third kappa shape index (κ3) is 2.95. The van der Waals surface area contributed by atoms with Crippen LogP contribution >= 0.6 is 0 Å². The van der Waals surface area contributed by atoms with Gasteiger partial charge in [0, 0.05) is 32.1 Å². The van der Waals surface area contributed by atoms with Crippen LogP contribution in [0.3, 0.4) is 0 Å². The minimum Gasteiger partial charge on any atom is -0.360 e. The average molecular weight is 394 g/mol. The van der Waals surface area contributed by atoms with Gasteiger partial charge in [-0.2, -0.15) is 0 Å². The number of fused-ring (bicyclic) bond motifs is 1. The SMILES string of the molecule is CN(Cc1ccno1)C(=O)[C@H]1[C@@H]2C=C[C@@]3(CN(CCc4ccncc4)C(=O)[C@@H]13)O2. The maximum Gasteiger partial charge on any atom is 0.230 e. The van der Waals surface area contributed by atoms with Gasteiger partial charge in [-0.15, -0.1) is 0 Å². The number of rotatable bonds is 6. The van der Waals surface area contributed by atoms with Crippen LogP contribution in [0.5, 0.6) is 0 Å². The van der Waals surface area contributed by atoms with E-state index in [-0.39, 0.29) is 17.9 Å². The predicted octanol–water partition coefficient (Wildman–Crippen LogP) is 1.05. The Kier molecular flexibility index (Phi) is 4.24. The van der Waals surface area contributed by atoms with Crippen LogP contribution in [0.1, 0.15) is 11.3 Å². The second-order valence-electron chi connectivity index (χ2n) is 7.94. The van der Waals surface area contributed by atoms with Crippen LogP contribution < -0.4 is 0 Å². The van der Waals surface area contributed by atoms with E-state index in [0.717, 1.165) is 12.0 Å². The maximum atomic E-state index is 13.2. The number of carbonyl (C=O) groups excluding carboxylic acids is 2. The molecule has 2 saturated heterocycles. The second kappa shape index (κ2) is 6.81. The van der Waals surface area contributed by atoms with E-state index in [1.807, 2.05) is 29.2 Å². The summed E-state index contributed by atoms with van der Waals surface area (Å²) in [6.45, 7) is 1.40. The minimum absolute atomic E-state index is 0.00248. The van der Waals surface area contributed by atoms with E-state index < -0.39 is 17.4 Å². The fraction of sp³-hybridized carbons (Fsp3) is 0.429. The molecule has 8 heteroatoms. The molecule has 5 rings (SSSR count). The number of hydrogen-bond donors (Lipinski definition) is 0. The molecular weight excluding hydrogens is 372 g/mol. The number of amides is 2. The van der Waals surface area contributed by atoms with Crippen molar-refractivity contribution in [1.29, 1.82) is 0 Å². The first-order valence-electron chi connectivity index (χ1n) is 9.77. The molecule has 2 aromatic heterocycles. The Morgan fingerprint density at radius 1 is 1.31 bits per heavy atom. The molecule has 0 aromatic carbocycles. The summed E-state index contributed by atoms with van der Waals surface area (Å²) in [5, 5.41) is 3.68. The zero-order valence-corrected chi connectivity index (χ0v) is 16.1. The average Bonchev–Trinajstić information content (AvgIpc) is 3.49. The molecule has 0 radical (unpaired) electrons. The van der Waals surface area contributed by atoms with Crippen molar-refractivity contribution >= 4 is 11.8 Å². The van der Waals surface area contributed by atoms with Gasteiger partial charge in [0.25, 0.3) is 0 Å². The molecule has 0 N–H and O–H groups in total. The zero-order valence-electron chi connectivity index (χ0n) is 16.1. The van der Waals surface area contributed by atoms with Crippen molar-refractivity contribution in [3.05, 3.63) is 60.3 Å². The monoisotopic (exact) mass is 394 g/mol. The van der Waals surface area contributed by atoms with Crippen molar-refractivity contribution in [2.75, 3.05) is 20.1 Å². The van der Waals surface area contributed by atoms with E-state index in [9.17, 15) is 9.59 Å². The molecule has 29 heavy (non-hydrogen) atoms. The summed E-state index contributed by atoms with van der Waals surface area (Å²) >= 11 is 0. The van der Waals surface area contributed by atoms with Crippen molar-refractivity contribution in [3.63, 3.8) is 0 Å². The summed E-state index contributed by atoms with van der Waals surface area (Å²) in [6, 6.07) is 5.63. The van der Waals surface area contributed by atoms with E-state index in [2.05, 4.69) is 10.1 Å². The minimum atomic E-state index is -0.687. The molecule has 0 saturated carbocycles. The molecule has 8 nitrogen and oxygen atoms in total. The number of likely N-dealkylation sites (tertiary alicyclic amines) is 1. The summed E-state index contributed by atoms with van der Waals surface area (Å²) in [7, 11) is 1.72. The van der Waals surface area contributed by atoms with Gasteiger partial charge in [0.05, 0.1) is 37.2 Å². The van der Waals surface area contributed by atoms with Gasteiger partial charge in [0.2, 0.25) is 11.8 Å². The fourth-order valence-electron chi connectivity index (χ4n) is 4.75. The molecule has 2 aromatic rings. The van der Waals surface area contributed by atoms with Crippen LogP contribution in [0.2, 0.25) is 0 Å². The summed E-state index contributed by atoms with van der Waals surface area (Å²) in [4.78, 5) is 33.9. The van der Waals surface area contributed by atoms with Crippen molar-refractivity contribution in [2.45, 2.75) is 24.7 Å². The molecule has 2 fully saturated rings. The summed E-state index contributed by atoms with van der Waals surface area (Å²) < 4.78 is 11.3. The van der Waals surface area contributed by atoms with E-state index in [0.29, 0.717) is 25.4 Å². The highest BCUT2D eigenvalue weighted by atomic mass is 16.5. The largest absolute Gasteiger partial charge is 0.360 e. The van der Waals surface area contributed by atoms with Crippen molar-refractivity contribution in [3.8, 4) is 0 Å². The molecule has 5 heterocycles. The Labute approximate surface area is 168 Å². The predicted molar refractivity (Wildman–Crippen MR) is 101 cm³/mol. The van der Waals surface area contributed by atoms with Crippen molar-refractivity contribution < 1.29 is 18.8 Å². The Morgan fingerprint density at radius 2 is 2.14 bits per heavy atom. The summed E-state index contributed by atoms with van der Waals surface area (Å²) in [5.41, 5.74) is 0.440. The van der Waals surface area contributed by atoms with Crippen LogP contribution in [0.4, 0.5) is 0 Å².